The number of aromatic nitrogens is 1. The van der Waals surface area contributed by atoms with Gasteiger partial charge in [-0.1, -0.05) is 15.9 Å². The molecule has 2 rings (SSSR count). The molecule has 0 fully saturated rings. The first-order chi connectivity index (χ1) is 7.75. The van der Waals surface area contributed by atoms with Crippen molar-refractivity contribution in [3.63, 3.8) is 0 Å². The van der Waals surface area contributed by atoms with Crippen LogP contribution in [0.15, 0.2) is 47.2 Å². The number of hydrogen-bond acceptors (Lipinski definition) is 1. The Bertz CT molecular complexity index is 462. The molecule has 0 spiro atoms. The molecular weight excluding hydrogens is 268 g/mol. The molecule has 0 aliphatic carbocycles. The zero-order valence-electron chi connectivity index (χ0n) is 8.53. The SMILES string of the molecule is O=C(NCc1cc[nH]c1)c1ccc(Br)cc1. The Kier molecular flexibility index (Phi) is 3.41. The van der Waals surface area contributed by atoms with E-state index in [-0.39, 0.29) is 5.91 Å². The number of aromatic amines is 1. The summed E-state index contributed by atoms with van der Waals surface area (Å²) in [6, 6.07) is 9.21. The van der Waals surface area contributed by atoms with Crippen molar-refractivity contribution in [3.05, 3.63) is 58.3 Å². The first-order valence-electron chi connectivity index (χ1n) is 4.91. The molecule has 2 aromatic rings. The van der Waals surface area contributed by atoms with E-state index >= 15 is 0 Å². The summed E-state index contributed by atoms with van der Waals surface area (Å²) >= 11 is 3.33. The summed E-state index contributed by atoms with van der Waals surface area (Å²) in [5.41, 5.74) is 1.73. The van der Waals surface area contributed by atoms with Crippen LogP contribution < -0.4 is 5.32 Å². The minimum absolute atomic E-state index is 0.0614. The fourth-order valence-electron chi connectivity index (χ4n) is 1.35. The average Bonchev–Trinajstić information content (AvgIpc) is 2.80. The number of carbonyl (C=O) groups is 1. The molecule has 0 saturated carbocycles. The van der Waals surface area contributed by atoms with Crippen molar-refractivity contribution in [2.24, 2.45) is 0 Å². The molecule has 4 heteroatoms. The molecule has 2 N–H and O–H groups in total. The Labute approximate surface area is 102 Å². The van der Waals surface area contributed by atoms with E-state index < -0.39 is 0 Å². The summed E-state index contributed by atoms with van der Waals surface area (Å²) < 4.78 is 0.967. The highest BCUT2D eigenvalue weighted by Gasteiger charge is 2.04. The van der Waals surface area contributed by atoms with E-state index in [0.29, 0.717) is 12.1 Å². The Morgan fingerprint density at radius 2 is 2.00 bits per heavy atom. The highest BCUT2D eigenvalue weighted by atomic mass is 79.9. The van der Waals surface area contributed by atoms with Crippen molar-refractivity contribution in [2.45, 2.75) is 6.54 Å². The molecule has 3 nitrogen and oxygen atoms in total. The lowest BCUT2D eigenvalue weighted by molar-refractivity contribution is 0.0951. The number of nitrogens with one attached hydrogen (secondary N) is 2. The molecule has 1 amide bonds. The number of halogens is 1. The maximum Gasteiger partial charge on any atom is 0.251 e. The average molecular weight is 279 g/mol. The van der Waals surface area contributed by atoms with Gasteiger partial charge in [-0.3, -0.25) is 4.79 Å². The summed E-state index contributed by atoms with van der Waals surface area (Å²) in [5, 5.41) is 2.85. The van der Waals surface area contributed by atoms with Gasteiger partial charge in [-0.2, -0.15) is 0 Å². The molecule has 16 heavy (non-hydrogen) atoms. The standard InChI is InChI=1S/C12H11BrN2O/c13-11-3-1-10(2-4-11)12(16)15-8-9-5-6-14-7-9/h1-7,14H,8H2,(H,15,16). The second kappa shape index (κ2) is 4.99. The van der Waals surface area contributed by atoms with Gasteiger partial charge in [0.15, 0.2) is 0 Å². The van der Waals surface area contributed by atoms with Crippen molar-refractivity contribution in [3.8, 4) is 0 Å². The van der Waals surface area contributed by atoms with Crippen molar-refractivity contribution >= 4 is 21.8 Å². The van der Waals surface area contributed by atoms with Gasteiger partial charge in [0, 0.05) is 29.0 Å². The Balaban J connectivity index is 1.95. The number of hydrogen-bond donors (Lipinski definition) is 2. The third kappa shape index (κ3) is 2.73. The monoisotopic (exact) mass is 278 g/mol. The molecule has 0 bridgehead atoms. The maximum atomic E-state index is 11.7. The molecule has 0 aliphatic heterocycles. The van der Waals surface area contributed by atoms with Crippen LogP contribution in [0.4, 0.5) is 0 Å². The van der Waals surface area contributed by atoms with Crippen LogP contribution >= 0.6 is 15.9 Å². The van der Waals surface area contributed by atoms with Crippen molar-refractivity contribution < 1.29 is 4.79 Å². The van der Waals surface area contributed by atoms with Crippen LogP contribution in [0, 0.1) is 0 Å². The third-order valence-electron chi connectivity index (χ3n) is 2.22. The molecule has 0 radical (unpaired) electrons. The summed E-state index contributed by atoms with van der Waals surface area (Å²) in [5.74, 6) is -0.0614. The van der Waals surface area contributed by atoms with E-state index in [1.165, 1.54) is 0 Å². The van der Waals surface area contributed by atoms with Gasteiger partial charge in [-0.15, -0.1) is 0 Å². The van der Waals surface area contributed by atoms with Gasteiger partial charge in [-0.25, -0.2) is 0 Å². The van der Waals surface area contributed by atoms with Crippen LogP contribution in [0.1, 0.15) is 15.9 Å². The predicted octanol–water partition coefficient (Wildman–Crippen LogP) is 2.71. The Morgan fingerprint density at radius 1 is 1.25 bits per heavy atom. The van der Waals surface area contributed by atoms with Gasteiger partial charge < -0.3 is 10.3 Å². The number of benzene rings is 1. The second-order valence-corrected chi connectivity index (χ2v) is 4.32. The van der Waals surface area contributed by atoms with Gasteiger partial charge in [0.1, 0.15) is 0 Å². The first kappa shape index (κ1) is 11.0. The summed E-state index contributed by atoms with van der Waals surface area (Å²) in [4.78, 5) is 14.7. The normalized spacial score (nSPS) is 10.1. The Hall–Kier alpha value is -1.55. The first-order valence-corrected chi connectivity index (χ1v) is 5.70. The van der Waals surface area contributed by atoms with E-state index in [0.717, 1.165) is 10.0 Å². The molecule has 1 aromatic carbocycles. The molecule has 0 aliphatic rings. The van der Waals surface area contributed by atoms with Crippen LogP contribution in [-0.2, 0) is 6.54 Å². The van der Waals surface area contributed by atoms with Crippen LogP contribution in [0.5, 0.6) is 0 Å². The summed E-state index contributed by atoms with van der Waals surface area (Å²) in [6.07, 6.45) is 3.70. The largest absolute Gasteiger partial charge is 0.367 e. The van der Waals surface area contributed by atoms with Crippen LogP contribution in [0.25, 0.3) is 0 Å². The van der Waals surface area contributed by atoms with E-state index in [4.69, 9.17) is 0 Å². The lowest BCUT2D eigenvalue weighted by Crippen LogP contribution is -2.22. The van der Waals surface area contributed by atoms with Crippen LogP contribution in [-0.4, -0.2) is 10.9 Å². The van der Waals surface area contributed by atoms with E-state index in [9.17, 15) is 4.79 Å². The lowest BCUT2D eigenvalue weighted by atomic mass is 10.2. The minimum atomic E-state index is -0.0614. The van der Waals surface area contributed by atoms with E-state index in [1.54, 1.807) is 12.1 Å². The van der Waals surface area contributed by atoms with Gasteiger partial charge in [0.05, 0.1) is 0 Å². The molecule has 0 saturated heterocycles. The van der Waals surface area contributed by atoms with Gasteiger partial charge >= 0.3 is 0 Å². The van der Waals surface area contributed by atoms with Crippen molar-refractivity contribution in [1.29, 1.82) is 0 Å². The van der Waals surface area contributed by atoms with E-state index in [2.05, 4.69) is 26.2 Å². The molecule has 1 aromatic heterocycles. The second-order valence-electron chi connectivity index (χ2n) is 3.41. The number of amides is 1. The molecule has 0 unspecified atom stereocenters. The fraction of sp³-hybridized carbons (Fsp3) is 0.0833. The zero-order chi connectivity index (χ0) is 11.4. The van der Waals surface area contributed by atoms with Crippen molar-refractivity contribution in [2.75, 3.05) is 0 Å². The molecule has 82 valence electrons. The molecular formula is C12H11BrN2O. The Morgan fingerprint density at radius 3 is 2.62 bits per heavy atom. The smallest absolute Gasteiger partial charge is 0.251 e. The summed E-state index contributed by atoms with van der Waals surface area (Å²) in [7, 11) is 0. The highest BCUT2D eigenvalue weighted by Crippen LogP contribution is 2.10. The number of rotatable bonds is 3. The highest BCUT2D eigenvalue weighted by molar-refractivity contribution is 9.10. The minimum Gasteiger partial charge on any atom is -0.367 e. The molecule has 1 heterocycles. The van der Waals surface area contributed by atoms with Gasteiger partial charge in [-0.05, 0) is 35.9 Å². The predicted molar refractivity (Wildman–Crippen MR) is 66.1 cm³/mol. The van der Waals surface area contributed by atoms with Crippen molar-refractivity contribution in [1.82, 2.24) is 10.3 Å². The van der Waals surface area contributed by atoms with E-state index in [1.807, 2.05) is 30.6 Å². The molecule has 0 atom stereocenters. The maximum absolute atomic E-state index is 11.7. The van der Waals surface area contributed by atoms with Gasteiger partial charge in [0.25, 0.3) is 5.91 Å². The number of carbonyl (C=O) groups excluding carboxylic acids is 1. The topological polar surface area (TPSA) is 44.9 Å². The van der Waals surface area contributed by atoms with Gasteiger partial charge in [0.2, 0.25) is 0 Å². The lowest BCUT2D eigenvalue weighted by Gasteiger charge is -2.03. The quantitative estimate of drug-likeness (QED) is 0.891. The zero-order valence-corrected chi connectivity index (χ0v) is 10.1. The number of H-pyrrole nitrogens is 1. The summed E-state index contributed by atoms with van der Waals surface area (Å²) in [6.45, 7) is 0.540. The van der Waals surface area contributed by atoms with Crippen LogP contribution in [0.2, 0.25) is 0 Å². The van der Waals surface area contributed by atoms with Crippen LogP contribution in [0.3, 0.4) is 0 Å². The third-order valence-corrected chi connectivity index (χ3v) is 2.75. The fourth-order valence-corrected chi connectivity index (χ4v) is 1.62.